The number of para-hydroxylation sites is 1. The van der Waals surface area contributed by atoms with E-state index in [9.17, 15) is 19.8 Å². The Bertz CT molecular complexity index is 2910. The fourth-order valence-electron chi connectivity index (χ4n) is 10.4. The summed E-state index contributed by atoms with van der Waals surface area (Å²) in [6.45, 7) is 13.2. The second-order valence-corrected chi connectivity index (χ2v) is 20.4. The van der Waals surface area contributed by atoms with Gasteiger partial charge in [-0.15, -0.1) is 32.9 Å². The van der Waals surface area contributed by atoms with E-state index in [0.717, 1.165) is 51.3 Å². The van der Waals surface area contributed by atoms with E-state index in [1.165, 1.54) is 15.3 Å². The molecule has 3 fully saturated rings. The highest BCUT2D eigenvalue weighted by molar-refractivity contribution is 7.19. The number of amides is 2. The Balaban J connectivity index is 0.800. The highest BCUT2D eigenvalue weighted by atomic mass is 32.1. The van der Waals surface area contributed by atoms with Gasteiger partial charge in [0.25, 0.3) is 0 Å². The molecule has 1 aliphatic carbocycles. The number of aliphatic hydroxyl groups excluding tert-OH is 1. The Hall–Kier alpha value is -6.10. The number of thiazole rings is 1. The third-order valence-corrected chi connectivity index (χ3v) is 16.4. The molecule has 7 atom stereocenters. The summed E-state index contributed by atoms with van der Waals surface area (Å²) in [5, 5.41) is 38.8. The zero-order chi connectivity index (χ0) is 45.3. The van der Waals surface area contributed by atoms with Crippen LogP contribution in [0.3, 0.4) is 0 Å². The van der Waals surface area contributed by atoms with Gasteiger partial charge in [-0.2, -0.15) is 0 Å². The number of carbonyl (C=O) groups excluding carboxylic acids is 2. The van der Waals surface area contributed by atoms with Gasteiger partial charge in [0, 0.05) is 70.8 Å². The number of piperidine rings is 1. The first kappa shape index (κ1) is 42.8. The third kappa shape index (κ3) is 7.64. The molecule has 10 rings (SSSR count). The van der Waals surface area contributed by atoms with Crippen LogP contribution in [0.5, 0.6) is 5.75 Å². The maximum atomic E-state index is 14.4. The van der Waals surface area contributed by atoms with Crippen molar-refractivity contribution in [2.75, 3.05) is 18.0 Å². The normalized spacial score (nSPS) is 22.6. The molecule has 7 aromatic rings. The lowest BCUT2D eigenvalue weighted by atomic mass is 9.75. The molecule has 3 N–H and O–H groups in total. The number of likely N-dealkylation sites (tertiary alicyclic amines) is 1. The van der Waals surface area contributed by atoms with Crippen LogP contribution in [0.25, 0.3) is 43.2 Å². The van der Waals surface area contributed by atoms with Gasteiger partial charge in [-0.25, -0.2) is 15.0 Å². The van der Waals surface area contributed by atoms with E-state index in [0.29, 0.717) is 40.1 Å². The molecule has 3 aliphatic rings. The molecule has 5 aromatic heterocycles. The summed E-state index contributed by atoms with van der Waals surface area (Å²) in [7, 11) is 0. The number of nitrogens with one attached hydrogen (secondary N) is 1. The van der Waals surface area contributed by atoms with Gasteiger partial charge >= 0.3 is 0 Å². The number of aromatic hydroxyl groups is 1. The van der Waals surface area contributed by atoms with Gasteiger partial charge in [-0.1, -0.05) is 62.3 Å². The first-order valence-electron chi connectivity index (χ1n) is 22.2. The molecular weight excluding hydrogens is 859 g/mol. The second kappa shape index (κ2) is 16.7. The molecule has 2 saturated heterocycles. The van der Waals surface area contributed by atoms with Crippen LogP contribution in [0.4, 0.5) is 5.95 Å². The highest BCUT2D eigenvalue weighted by Gasteiger charge is 2.54. The fraction of sp³-hybridized carbons (Fsp3) is 0.388. The Labute approximate surface area is 384 Å². The summed E-state index contributed by atoms with van der Waals surface area (Å²) < 4.78 is 5.86. The number of benzene rings is 2. The van der Waals surface area contributed by atoms with E-state index < -0.39 is 18.1 Å². The van der Waals surface area contributed by atoms with Gasteiger partial charge in [-0.05, 0) is 80.3 Å². The molecule has 16 heteroatoms. The Morgan fingerprint density at radius 1 is 0.938 bits per heavy atom. The maximum absolute atomic E-state index is 14.4. The van der Waals surface area contributed by atoms with Crippen molar-refractivity contribution >= 4 is 50.7 Å². The number of hydrogen-bond acceptors (Lipinski definition) is 14. The standard InChI is InChI=1S/C49H51N9O5S2/c1-25(2)42(47(62)58-23-34(59)16-39(58)45(61)53-27(4)29-11-13-30(14-12-29)43-28(5)52-24-64-43)41-18-37(56-63-41)31-20-50-48(51-21-31)57-22-32-15-33(57)19-49(32,6)44-26(3)36-17-38(54-55-46(36)65-44)35-9-7-8-10-40(35)60/h7-14,17-18,20-21,24-25,27,32-34,39,42,59-60H,15-16,19,22-23H2,1-6H3,(H,53,61)/t27-,32+,33+,34+,39-,42+,49?/m0/s1. The van der Waals surface area contributed by atoms with Gasteiger partial charge in [0.15, 0.2) is 0 Å². The van der Waals surface area contributed by atoms with E-state index in [1.54, 1.807) is 53.3 Å². The minimum atomic E-state index is -0.838. The van der Waals surface area contributed by atoms with E-state index in [2.05, 4.69) is 44.4 Å². The summed E-state index contributed by atoms with van der Waals surface area (Å²) in [6, 6.07) is 18.2. The van der Waals surface area contributed by atoms with Crippen LogP contribution < -0.4 is 10.2 Å². The zero-order valence-corrected chi connectivity index (χ0v) is 38.7. The van der Waals surface area contributed by atoms with Crippen LogP contribution in [0.1, 0.15) is 86.4 Å². The fourth-order valence-corrected chi connectivity index (χ4v) is 12.6. The van der Waals surface area contributed by atoms with Crippen LogP contribution in [0.15, 0.2) is 83.1 Å². The number of anilines is 1. The van der Waals surface area contributed by atoms with Crippen molar-refractivity contribution in [2.45, 2.75) is 96.4 Å². The molecule has 7 heterocycles. The number of phenols is 1. The van der Waals surface area contributed by atoms with Crippen molar-refractivity contribution in [1.82, 2.24) is 40.5 Å². The van der Waals surface area contributed by atoms with Crippen LogP contribution in [0, 0.1) is 25.7 Å². The lowest BCUT2D eigenvalue weighted by Gasteiger charge is -2.39. The van der Waals surface area contributed by atoms with Gasteiger partial charge in [0.1, 0.15) is 34.0 Å². The smallest absolute Gasteiger partial charge is 0.243 e. The molecule has 0 radical (unpaired) electrons. The summed E-state index contributed by atoms with van der Waals surface area (Å²) in [6.07, 6.45) is 4.82. The number of β-amino-alcohol motifs (C(OH)–C–C–N with tert-alkyl or cyclic N) is 1. The average Bonchev–Trinajstić information content (AvgIpc) is 4.17. The molecule has 2 aromatic carbocycles. The van der Waals surface area contributed by atoms with Crippen molar-refractivity contribution in [3.8, 4) is 38.7 Å². The van der Waals surface area contributed by atoms with Crippen molar-refractivity contribution in [1.29, 1.82) is 0 Å². The van der Waals surface area contributed by atoms with Crippen LogP contribution in [-0.2, 0) is 15.0 Å². The molecule has 0 spiro atoms. The Morgan fingerprint density at radius 2 is 1.71 bits per heavy atom. The van der Waals surface area contributed by atoms with E-state index in [4.69, 9.17) is 14.5 Å². The van der Waals surface area contributed by atoms with Gasteiger partial charge < -0.3 is 29.9 Å². The molecule has 65 heavy (non-hydrogen) atoms. The van der Waals surface area contributed by atoms with E-state index in [1.807, 2.05) is 75.7 Å². The highest BCUT2D eigenvalue weighted by Crippen LogP contribution is 2.56. The molecule has 14 nitrogen and oxygen atoms in total. The predicted molar refractivity (Wildman–Crippen MR) is 251 cm³/mol. The molecule has 1 saturated carbocycles. The van der Waals surface area contributed by atoms with Crippen molar-refractivity contribution < 1.29 is 24.3 Å². The molecule has 334 valence electrons. The quantitative estimate of drug-likeness (QED) is 0.113. The predicted octanol–water partition coefficient (Wildman–Crippen LogP) is 8.38. The van der Waals surface area contributed by atoms with Crippen molar-refractivity contribution in [2.24, 2.45) is 11.8 Å². The molecule has 2 bridgehead atoms. The molecule has 2 aliphatic heterocycles. The topological polar surface area (TPSA) is 184 Å². The number of aliphatic hydroxyl groups is 1. The lowest BCUT2D eigenvalue weighted by molar-refractivity contribution is -0.141. The summed E-state index contributed by atoms with van der Waals surface area (Å²) in [5.41, 5.74) is 8.50. The lowest BCUT2D eigenvalue weighted by Crippen LogP contribution is -2.48. The monoisotopic (exact) mass is 909 g/mol. The summed E-state index contributed by atoms with van der Waals surface area (Å²) in [5.74, 6) is 0.0991. The van der Waals surface area contributed by atoms with Gasteiger partial charge in [-0.3, -0.25) is 9.59 Å². The van der Waals surface area contributed by atoms with Crippen LogP contribution in [0.2, 0.25) is 0 Å². The molecule has 2 amide bonds. The number of phenolic OH excluding ortho intramolecular Hbond substituents is 1. The third-order valence-electron chi connectivity index (χ3n) is 14.0. The largest absolute Gasteiger partial charge is 0.507 e. The number of nitrogens with zero attached hydrogens (tertiary/aromatic N) is 8. The van der Waals surface area contributed by atoms with E-state index in [-0.39, 0.29) is 53.9 Å². The first-order valence-corrected chi connectivity index (χ1v) is 23.9. The molecular formula is C49H51N9O5S2. The van der Waals surface area contributed by atoms with E-state index >= 15 is 0 Å². The number of rotatable bonds is 11. The summed E-state index contributed by atoms with van der Waals surface area (Å²) >= 11 is 3.32. The zero-order valence-electron chi connectivity index (χ0n) is 37.1. The summed E-state index contributed by atoms with van der Waals surface area (Å²) in [4.78, 5) is 49.3. The number of aryl methyl sites for hydroxylation is 2. The van der Waals surface area contributed by atoms with Crippen molar-refractivity contribution in [3.05, 3.63) is 106 Å². The Kier molecular flexibility index (Phi) is 11.0. The number of thiophene rings is 1. The number of carbonyl (C=O) groups is 2. The number of hydrogen-bond donors (Lipinski definition) is 3. The minimum absolute atomic E-state index is 0.0302. The minimum Gasteiger partial charge on any atom is -0.507 e. The average molecular weight is 910 g/mol. The van der Waals surface area contributed by atoms with Gasteiger partial charge in [0.05, 0.1) is 33.9 Å². The Morgan fingerprint density at radius 3 is 2.40 bits per heavy atom. The van der Waals surface area contributed by atoms with Crippen molar-refractivity contribution in [3.63, 3.8) is 0 Å². The number of aromatic nitrogens is 6. The maximum Gasteiger partial charge on any atom is 0.243 e. The SMILES string of the molecule is Cc1ncsc1-c1ccc([C@H](C)NC(=O)[C@@H]2C[C@@H](O)CN2C(=O)[C@@H](c2cc(-c3cnc(N4C[C@H]5C[C@@H]4CC5(C)c4sc5nnc(-c6ccccc6O)cc5c4C)nc3)no2)C(C)C)cc1. The number of fused-ring (bicyclic) bond motifs is 3. The molecule has 1 unspecified atom stereocenters. The van der Waals surface area contributed by atoms with Crippen LogP contribution >= 0.6 is 22.7 Å². The van der Waals surface area contributed by atoms with Crippen LogP contribution in [-0.4, -0.2) is 88.5 Å². The second-order valence-electron chi connectivity index (χ2n) is 18.5. The first-order chi connectivity index (χ1) is 31.3. The van der Waals surface area contributed by atoms with Gasteiger partial charge in [0.2, 0.25) is 17.8 Å².